The van der Waals surface area contributed by atoms with Crippen LogP contribution in [0.3, 0.4) is 0 Å². The van der Waals surface area contributed by atoms with E-state index in [0.29, 0.717) is 31.7 Å². The molecule has 1 atom stereocenters. The van der Waals surface area contributed by atoms with Crippen LogP contribution < -0.4 is 5.32 Å². The fraction of sp³-hybridized carbons (Fsp3) is 0.550. The van der Waals surface area contributed by atoms with E-state index in [0.717, 1.165) is 25.3 Å². The third kappa shape index (κ3) is 5.95. The van der Waals surface area contributed by atoms with Crippen LogP contribution in [-0.2, 0) is 17.6 Å². The van der Waals surface area contributed by atoms with E-state index >= 15 is 0 Å². The Labute approximate surface area is 156 Å². The van der Waals surface area contributed by atoms with Crippen molar-refractivity contribution in [2.75, 3.05) is 19.6 Å². The van der Waals surface area contributed by atoms with Crippen LogP contribution in [0, 0.1) is 0 Å². The van der Waals surface area contributed by atoms with Gasteiger partial charge in [0.05, 0.1) is 6.04 Å². The summed E-state index contributed by atoms with van der Waals surface area (Å²) in [6.45, 7) is 8.80. The monoisotopic (exact) mass is 358 g/mol. The van der Waals surface area contributed by atoms with Crippen molar-refractivity contribution in [3.63, 3.8) is 0 Å². The first kappa shape index (κ1) is 20.1. The Morgan fingerprint density at radius 2 is 1.92 bits per heavy atom. The smallest absolute Gasteiger partial charge is 0.226 e. The lowest BCUT2D eigenvalue weighted by Crippen LogP contribution is -2.38. The van der Waals surface area contributed by atoms with Gasteiger partial charge in [-0.25, -0.2) is 0 Å². The van der Waals surface area contributed by atoms with Crippen molar-refractivity contribution < 1.29 is 9.32 Å². The largest absolute Gasteiger partial charge is 0.354 e. The van der Waals surface area contributed by atoms with Gasteiger partial charge in [0.1, 0.15) is 0 Å². The van der Waals surface area contributed by atoms with E-state index < -0.39 is 0 Å². The number of nitrogens with zero attached hydrogens (tertiary/aromatic N) is 3. The highest BCUT2D eigenvalue weighted by Crippen LogP contribution is 2.19. The highest BCUT2D eigenvalue weighted by atomic mass is 16.5. The van der Waals surface area contributed by atoms with E-state index in [-0.39, 0.29) is 11.9 Å². The summed E-state index contributed by atoms with van der Waals surface area (Å²) < 4.78 is 5.15. The Kier molecular flexibility index (Phi) is 8.28. The maximum Gasteiger partial charge on any atom is 0.226 e. The normalized spacial score (nSPS) is 12.3. The summed E-state index contributed by atoms with van der Waals surface area (Å²) in [7, 11) is 0. The molecule has 0 aliphatic rings. The topological polar surface area (TPSA) is 71.3 Å². The van der Waals surface area contributed by atoms with Gasteiger partial charge in [-0.1, -0.05) is 56.3 Å². The first-order valence-corrected chi connectivity index (χ1v) is 9.55. The summed E-state index contributed by atoms with van der Waals surface area (Å²) in [5.41, 5.74) is 1.23. The molecule has 1 aromatic carbocycles. The zero-order chi connectivity index (χ0) is 18.8. The standard InChI is InChI=1S/C20H30N4O2/c1-4-18-22-20(26-23-18)14-10-13-19(25)21-15-17(24(5-2)6-3)16-11-8-7-9-12-16/h7-9,11-12,17H,4-6,10,13-15H2,1-3H3,(H,21,25). The van der Waals surface area contributed by atoms with Gasteiger partial charge in [0.2, 0.25) is 11.8 Å². The molecule has 6 heteroatoms. The Bertz CT molecular complexity index is 653. The summed E-state index contributed by atoms with van der Waals surface area (Å²) in [4.78, 5) is 18.9. The van der Waals surface area contributed by atoms with Crippen molar-refractivity contribution in [1.82, 2.24) is 20.4 Å². The van der Waals surface area contributed by atoms with Crippen LogP contribution in [0.25, 0.3) is 0 Å². The van der Waals surface area contributed by atoms with Gasteiger partial charge >= 0.3 is 0 Å². The number of rotatable bonds is 11. The average molecular weight is 358 g/mol. The molecule has 0 spiro atoms. The van der Waals surface area contributed by atoms with Gasteiger partial charge in [-0.15, -0.1) is 0 Å². The lowest BCUT2D eigenvalue weighted by Gasteiger charge is -2.30. The summed E-state index contributed by atoms with van der Waals surface area (Å²) in [5, 5.41) is 6.96. The van der Waals surface area contributed by atoms with Crippen LogP contribution in [0.2, 0.25) is 0 Å². The molecule has 142 valence electrons. The van der Waals surface area contributed by atoms with E-state index in [1.54, 1.807) is 0 Å². The van der Waals surface area contributed by atoms with Crippen molar-refractivity contribution in [3.8, 4) is 0 Å². The van der Waals surface area contributed by atoms with Crippen LogP contribution in [0.15, 0.2) is 34.9 Å². The second kappa shape index (κ2) is 10.7. The number of nitrogens with one attached hydrogen (secondary N) is 1. The van der Waals surface area contributed by atoms with Crippen LogP contribution >= 0.6 is 0 Å². The summed E-state index contributed by atoms with van der Waals surface area (Å²) in [6.07, 6.45) is 2.57. The molecule has 0 aliphatic heterocycles. The molecule has 0 saturated heterocycles. The van der Waals surface area contributed by atoms with Crippen LogP contribution in [0.1, 0.15) is 56.9 Å². The molecule has 26 heavy (non-hydrogen) atoms. The van der Waals surface area contributed by atoms with E-state index in [4.69, 9.17) is 4.52 Å². The summed E-state index contributed by atoms with van der Waals surface area (Å²) in [5.74, 6) is 1.39. The highest BCUT2D eigenvalue weighted by Gasteiger charge is 2.18. The molecule has 1 N–H and O–H groups in total. The lowest BCUT2D eigenvalue weighted by atomic mass is 10.0. The second-order valence-corrected chi connectivity index (χ2v) is 6.26. The minimum atomic E-state index is 0.0633. The number of carbonyl (C=O) groups excluding carboxylic acids is 1. The van der Waals surface area contributed by atoms with Gasteiger partial charge < -0.3 is 9.84 Å². The van der Waals surface area contributed by atoms with Gasteiger partial charge in [0.15, 0.2) is 5.82 Å². The van der Waals surface area contributed by atoms with Gasteiger partial charge in [0, 0.05) is 25.8 Å². The van der Waals surface area contributed by atoms with Crippen LogP contribution in [-0.4, -0.2) is 40.6 Å². The number of likely N-dealkylation sites (N-methyl/N-ethyl adjacent to an activating group) is 1. The fourth-order valence-electron chi connectivity index (χ4n) is 3.03. The molecule has 2 aromatic rings. The predicted octanol–water partition coefficient (Wildman–Crippen LogP) is 3.15. The second-order valence-electron chi connectivity index (χ2n) is 6.26. The molecular weight excluding hydrogens is 328 g/mol. The van der Waals surface area contributed by atoms with E-state index in [1.807, 2.05) is 25.1 Å². The van der Waals surface area contributed by atoms with E-state index in [1.165, 1.54) is 5.56 Å². The minimum absolute atomic E-state index is 0.0633. The number of carbonyl (C=O) groups is 1. The van der Waals surface area contributed by atoms with E-state index in [2.05, 4.69) is 46.3 Å². The first-order chi connectivity index (χ1) is 12.7. The predicted molar refractivity (Wildman–Crippen MR) is 102 cm³/mol. The molecule has 0 bridgehead atoms. The highest BCUT2D eigenvalue weighted by molar-refractivity contribution is 5.75. The van der Waals surface area contributed by atoms with Crippen molar-refractivity contribution in [1.29, 1.82) is 0 Å². The number of amides is 1. The number of hydrogen-bond acceptors (Lipinski definition) is 5. The molecule has 0 saturated carbocycles. The third-order valence-corrected chi connectivity index (χ3v) is 4.55. The maximum atomic E-state index is 12.2. The molecule has 1 unspecified atom stereocenters. The molecule has 1 heterocycles. The number of benzene rings is 1. The van der Waals surface area contributed by atoms with Crippen LogP contribution in [0.4, 0.5) is 0 Å². The fourth-order valence-corrected chi connectivity index (χ4v) is 3.03. The Balaban J connectivity index is 1.82. The third-order valence-electron chi connectivity index (χ3n) is 4.55. The van der Waals surface area contributed by atoms with Gasteiger partial charge in [-0.2, -0.15) is 4.98 Å². The molecule has 0 aliphatic carbocycles. The molecule has 1 aromatic heterocycles. The Morgan fingerprint density at radius 3 is 2.54 bits per heavy atom. The number of aromatic nitrogens is 2. The summed E-state index contributed by atoms with van der Waals surface area (Å²) >= 11 is 0. The van der Waals surface area contributed by atoms with Crippen molar-refractivity contribution in [3.05, 3.63) is 47.6 Å². The molecule has 1 amide bonds. The minimum Gasteiger partial charge on any atom is -0.354 e. The number of aryl methyl sites for hydroxylation is 2. The quantitative estimate of drug-likeness (QED) is 0.668. The lowest BCUT2D eigenvalue weighted by molar-refractivity contribution is -0.121. The van der Waals surface area contributed by atoms with Crippen molar-refractivity contribution >= 4 is 5.91 Å². The van der Waals surface area contributed by atoms with Gasteiger partial charge in [0.25, 0.3) is 0 Å². The van der Waals surface area contributed by atoms with E-state index in [9.17, 15) is 4.79 Å². The molecular formula is C20H30N4O2. The average Bonchev–Trinajstić information content (AvgIpc) is 3.14. The first-order valence-electron chi connectivity index (χ1n) is 9.55. The van der Waals surface area contributed by atoms with Gasteiger partial charge in [-0.3, -0.25) is 9.69 Å². The molecule has 2 rings (SSSR count). The number of hydrogen-bond donors (Lipinski definition) is 1. The molecule has 0 fully saturated rings. The van der Waals surface area contributed by atoms with Crippen LogP contribution in [0.5, 0.6) is 0 Å². The maximum absolute atomic E-state index is 12.2. The molecule has 0 radical (unpaired) electrons. The SMILES string of the molecule is CCc1noc(CCCC(=O)NCC(c2ccccc2)N(CC)CC)n1. The zero-order valence-corrected chi connectivity index (χ0v) is 16.1. The van der Waals surface area contributed by atoms with Crippen molar-refractivity contribution in [2.24, 2.45) is 0 Å². The summed E-state index contributed by atoms with van der Waals surface area (Å²) in [6, 6.07) is 10.5. The van der Waals surface area contributed by atoms with Gasteiger partial charge in [-0.05, 0) is 25.1 Å². The molecule has 6 nitrogen and oxygen atoms in total. The zero-order valence-electron chi connectivity index (χ0n) is 16.1. The Hall–Kier alpha value is -2.21. The Morgan fingerprint density at radius 1 is 1.19 bits per heavy atom. The van der Waals surface area contributed by atoms with Crippen molar-refractivity contribution in [2.45, 2.75) is 52.5 Å².